The molecule has 0 spiro atoms. The molecule has 1 aromatic carbocycles. The van der Waals surface area contributed by atoms with Gasteiger partial charge in [-0.25, -0.2) is 4.79 Å². The maximum Gasteiger partial charge on any atom is 0.322 e. The molecule has 0 saturated carbocycles. The second-order valence-electron chi connectivity index (χ2n) is 7.29. The maximum absolute atomic E-state index is 12.1. The number of rotatable bonds is 6. The van der Waals surface area contributed by atoms with E-state index in [0.29, 0.717) is 13.0 Å². The van der Waals surface area contributed by atoms with Crippen molar-refractivity contribution in [3.05, 3.63) is 35.0 Å². The Morgan fingerprint density at radius 3 is 2.96 bits per heavy atom. The summed E-state index contributed by atoms with van der Waals surface area (Å²) in [4.78, 5) is 34.7. The van der Waals surface area contributed by atoms with E-state index < -0.39 is 12.1 Å². The third-order valence-corrected chi connectivity index (χ3v) is 5.60. The minimum atomic E-state index is -0.608. The third-order valence-electron chi connectivity index (χ3n) is 5.60. The number of nitrogens with one attached hydrogen (secondary N) is 3. The fraction of sp³-hybridized carbons (Fsp3) is 0.450. The van der Waals surface area contributed by atoms with Crippen molar-refractivity contribution >= 4 is 28.7 Å². The summed E-state index contributed by atoms with van der Waals surface area (Å²) in [5, 5.41) is 8.91. The lowest BCUT2D eigenvalue weighted by Crippen LogP contribution is -2.32. The van der Waals surface area contributed by atoms with E-state index in [2.05, 4.69) is 45.6 Å². The molecule has 4 rings (SSSR count). The maximum atomic E-state index is 12.1. The van der Waals surface area contributed by atoms with Crippen molar-refractivity contribution in [2.24, 2.45) is 0 Å². The minimum absolute atomic E-state index is 0.102. The number of nitrogens with zero attached hydrogens (tertiary/aromatic N) is 1. The second-order valence-corrected chi connectivity index (χ2v) is 7.29. The molecule has 0 radical (unpaired) electrons. The molecule has 142 valence electrons. The van der Waals surface area contributed by atoms with E-state index >= 15 is 0 Å². The molecule has 1 unspecified atom stereocenters. The molecule has 3 heterocycles. The van der Waals surface area contributed by atoms with Crippen molar-refractivity contribution < 1.29 is 14.4 Å². The van der Waals surface area contributed by atoms with Crippen molar-refractivity contribution in [2.45, 2.75) is 51.6 Å². The van der Waals surface area contributed by atoms with E-state index in [9.17, 15) is 14.4 Å². The van der Waals surface area contributed by atoms with Crippen LogP contribution in [0.5, 0.6) is 0 Å². The van der Waals surface area contributed by atoms with Gasteiger partial charge < -0.3 is 15.2 Å². The van der Waals surface area contributed by atoms with Gasteiger partial charge in [0.1, 0.15) is 6.04 Å². The number of hydrogen-bond donors (Lipinski definition) is 3. The standard InChI is InChI=1S/C20H24N4O3/c1-12-14(15-6-2-4-13-5-3-11-24(12)18(13)15)9-10-21-17(25)8-7-16-19(26)23-20(27)22-16/h2,4,6,16H,3,5,7-11H2,1H3,(H,21,25)(H2,22,23,26,27). The molecule has 1 atom stereocenters. The Labute approximate surface area is 157 Å². The van der Waals surface area contributed by atoms with Crippen LogP contribution in [0.4, 0.5) is 4.79 Å². The minimum Gasteiger partial charge on any atom is -0.356 e. The van der Waals surface area contributed by atoms with Crippen molar-refractivity contribution in [3.63, 3.8) is 0 Å². The van der Waals surface area contributed by atoms with Gasteiger partial charge in [0.05, 0.1) is 5.52 Å². The van der Waals surface area contributed by atoms with E-state index in [4.69, 9.17) is 0 Å². The Morgan fingerprint density at radius 1 is 1.33 bits per heavy atom. The van der Waals surface area contributed by atoms with Gasteiger partial charge in [0.15, 0.2) is 0 Å². The van der Waals surface area contributed by atoms with Crippen LogP contribution in [0.3, 0.4) is 0 Å². The van der Waals surface area contributed by atoms with Crippen LogP contribution in [0.2, 0.25) is 0 Å². The first-order chi connectivity index (χ1) is 13.0. The summed E-state index contributed by atoms with van der Waals surface area (Å²) in [6.07, 6.45) is 3.60. The molecule has 0 bridgehead atoms. The summed E-state index contributed by atoms with van der Waals surface area (Å²) >= 11 is 0. The fourth-order valence-electron chi connectivity index (χ4n) is 4.26. The third kappa shape index (κ3) is 3.29. The van der Waals surface area contributed by atoms with Gasteiger partial charge in [-0.15, -0.1) is 0 Å². The lowest BCUT2D eigenvalue weighted by Gasteiger charge is -2.16. The zero-order chi connectivity index (χ0) is 19.0. The molecule has 7 heteroatoms. The van der Waals surface area contributed by atoms with Crippen LogP contribution in [0.15, 0.2) is 18.2 Å². The van der Waals surface area contributed by atoms with Gasteiger partial charge >= 0.3 is 6.03 Å². The Morgan fingerprint density at radius 2 is 2.19 bits per heavy atom. The molecule has 2 aliphatic heterocycles. The first kappa shape index (κ1) is 17.6. The molecule has 27 heavy (non-hydrogen) atoms. The molecule has 2 aromatic rings. The van der Waals surface area contributed by atoms with Crippen LogP contribution in [0.25, 0.3) is 10.9 Å². The van der Waals surface area contributed by atoms with Crippen molar-refractivity contribution in [1.82, 2.24) is 20.5 Å². The Balaban J connectivity index is 1.35. The number of carbonyl (C=O) groups is 3. The molecular weight excluding hydrogens is 344 g/mol. The largest absolute Gasteiger partial charge is 0.356 e. The van der Waals surface area contributed by atoms with Crippen LogP contribution in [0.1, 0.15) is 36.1 Å². The molecule has 0 aliphatic carbocycles. The van der Waals surface area contributed by atoms with Crippen LogP contribution in [0, 0.1) is 6.92 Å². The van der Waals surface area contributed by atoms with Crippen molar-refractivity contribution in [1.29, 1.82) is 0 Å². The highest BCUT2D eigenvalue weighted by atomic mass is 16.2. The Hall–Kier alpha value is -2.83. The van der Waals surface area contributed by atoms with E-state index in [1.807, 2.05) is 0 Å². The van der Waals surface area contributed by atoms with Gasteiger partial charge in [0, 0.05) is 30.6 Å². The number of amides is 4. The van der Waals surface area contributed by atoms with E-state index in [-0.39, 0.29) is 18.2 Å². The average molecular weight is 368 g/mol. The van der Waals surface area contributed by atoms with Crippen molar-refractivity contribution in [3.8, 4) is 0 Å². The normalized spacial score (nSPS) is 18.5. The zero-order valence-electron chi connectivity index (χ0n) is 15.4. The van der Waals surface area contributed by atoms with E-state index in [0.717, 1.165) is 19.4 Å². The van der Waals surface area contributed by atoms with Gasteiger partial charge in [-0.05, 0) is 43.7 Å². The summed E-state index contributed by atoms with van der Waals surface area (Å²) in [5.41, 5.74) is 5.35. The smallest absolute Gasteiger partial charge is 0.322 e. The number of urea groups is 1. The molecular formula is C20H24N4O3. The first-order valence-electron chi connectivity index (χ1n) is 9.52. The van der Waals surface area contributed by atoms with Crippen LogP contribution in [-0.4, -0.2) is 35.0 Å². The molecule has 7 nitrogen and oxygen atoms in total. The number of aromatic nitrogens is 1. The summed E-state index contributed by atoms with van der Waals surface area (Å²) < 4.78 is 2.41. The Kier molecular flexibility index (Phi) is 4.59. The molecule has 4 amide bonds. The second kappa shape index (κ2) is 7.06. The number of imide groups is 1. The average Bonchev–Trinajstić information content (AvgIpc) is 3.12. The highest BCUT2D eigenvalue weighted by molar-refractivity contribution is 6.04. The van der Waals surface area contributed by atoms with Crippen LogP contribution < -0.4 is 16.0 Å². The predicted octanol–water partition coefficient (Wildman–Crippen LogP) is 1.54. The fourth-order valence-corrected chi connectivity index (χ4v) is 4.26. The number of hydrogen-bond acceptors (Lipinski definition) is 3. The SMILES string of the molecule is Cc1c(CCNC(=O)CCC2NC(=O)NC2=O)c2cccc3c2n1CCC3. The van der Waals surface area contributed by atoms with Gasteiger partial charge in [0.2, 0.25) is 5.91 Å². The highest BCUT2D eigenvalue weighted by Gasteiger charge is 2.29. The van der Waals surface area contributed by atoms with Crippen LogP contribution >= 0.6 is 0 Å². The predicted molar refractivity (Wildman–Crippen MR) is 101 cm³/mol. The number of aryl methyl sites for hydroxylation is 2. The number of benzene rings is 1. The summed E-state index contributed by atoms with van der Waals surface area (Å²) in [6, 6.07) is 5.40. The van der Waals surface area contributed by atoms with Gasteiger partial charge in [-0.3, -0.25) is 14.9 Å². The quantitative estimate of drug-likeness (QED) is 0.676. The molecule has 1 saturated heterocycles. The summed E-state index contributed by atoms with van der Waals surface area (Å²) in [6.45, 7) is 3.78. The lowest BCUT2D eigenvalue weighted by molar-refractivity contribution is -0.122. The zero-order valence-corrected chi connectivity index (χ0v) is 15.4. The van der Waals surface area contributed by atoms with E-state index in [1.54, 1.807) is 0 Å². The Bertz CT molecular complexity index is 931. The van der Waals surface area contributed by atoms with Crippen LogP contribution in [-0.2, 0) is 29.0 Å². The monoisotopic (exact) mass is 368 g/mol. The highest BCUT2D eigenvalue weighted by Crippen LogP contribution is 2.32. The summed E-state index contributed by atoms with van der Waals surface area (Å²) in [7, 11) is 0. The molecule has 1 fully saturated rings. The molecule has 3 N–H and O–H groups in total. The summed E-state index contributed by atoms with van der Waals surface area (Å²) in [5.74, 6) is -0.465. The van der Waals surface area contributed by atoms with Crippen molar-refractivity contribution in [2.75, 3.05) is 6.54 Å². The van der Waals surface area contributed by atoms with Gasteiger partial charge in [-0.1, -0.05) is 18.2 Å². The van der Waals surface area contributed by atoms with Gasteiger partial charge in [0.25, 0.3) is 5.91 Å². The molecule has 1 aromatic heterocycles. The lowest BCUT2D eigenvalue weighted by atomic mass is 10.0. The first-order valence-corrected chi connectivity index (χ1v) is 9.52. The topological polar surface area (TPSA) is 92.2 Å². The van der Waals surface area contributed by atoms with E-state index in [1.165, 1.54) is 34.1 Å². The number of para-hydroxylation sites is 1. The molecule has 2 aliphatic rings. The number of carbonyl (C=O) groups excluding carboxylic acids is 3. The van der Waals surface area contributed by atoms with Gasteiger partial charge in [-0.2, -0.15) is 0 Å².